The first-order valence-electron chi connectivity index (χ1n) is 4.83. The highest BCUT2D eigenvalue weighted by Gasteiger charge is 2.19. The molecule has 0 amide bonds. The van der Waals surface area contributed by atoms with Gasteiger partial charge in [0.05, 0.1) is 10.4 Å². The number of aryl methyl sites for hydroxylation is 1. The van der Waals surface area contributed by atoms with Gasteiger partial charge in [-0.15, -0.1) is 0 Å². The minimum Gasteiger partial charge on any atom is -0.377 e. The number of nitrogens with zero attached hydrogens (tertiary/aromatic N) is 3. The van der Waals surface area contributed by atoms with E-state index >= 15 is 0 Å². The highest BCUT2D eigenvalue weighted by Crippen LogP contribution is 2.32. The van der Waals surface area contributed by atoms with E-state index in [4.69, 9.17) is 16.3 Å². The average Bonchev–Trinajstić information content (AvgIpc) is 2.58. The summed E-state index contributed by atoms with van der Waals surface area (Å²) in [5.41, 5.74) is 1.03. The van der Waals surface area contributed by atoms with Crippen LogP contribution in [0, 0.1) is 10.1 Å². The fourth-order valence-electron chi connectivity index (χ4n) is 1.66. The Kier molecular flexibility index (Phi) is 2.99. The monoisotopic (exact) mass is 255 g/mol. The highest BCUT2D eigenvalue weighted by atomic mass is 35.5. The fraction of sp³-hybridized carbons (Fsp3) is 0.300. The molecule has 0 aliphatic rings. The quantitative estimate of drug-likeness (QED) is 0.623. The van der Waals surface area contributed by atoms with Crippen LogP contribution in [0.3, 0.4) is 0 Å². The van der Waals surface area contributed by atoms with Gasteiger partial charge in [0.15, 0.2) is 0 Å². The molecule has 0 atom stereocenters. The van der Waals surface area contributed by atoms with Gasteiger partial charge in [0, 0.05) is 20.2 Å². The molecule has 0 bridgehead atoms. The van der Waals surface area contributed by atoms with E-state index in [1.54, 1.807) is 17.7 Å². The van der Waals surface area contributed by atoms with Crippen molar-refractivity contribution in [1.29, 1.82) is 0 Å². The van der Waals surface area contributed by atoms with Crippen molar-refractivity contribution in [3.63, 3.8) is 0 Å². The van der Waals surface area contributed by atoms with Gasteiger partial charge < -0.3 is 9.30 Å². The number of fused-ring (bicyclic) bond motifs is 1. The summed E-state index contributed by atoms with van der Waals surface area (Å²) in [7, 11) is 3.37. The largest absolute Gasteiger partial charge is 0.377 e. The summed E-state index contributed by atoms with van der Waals surface area (Å²) >= 11 is 5.96. The number of benzene rings is 1. The van der Waals surface area contributed by atoms with E-state index in [1.165, 1.54) is 6.07 Å². The summed E-state index contributed by atoms with van der Waals surface area (Å²) in [6, 6.07) is 3.01. The third-order valence-electron chi connectivity index (χ3n) is 2.53. The molecule has 0 fully saturated rings. The number of methoxy groups -OCH3 is 1. The average molecular weight is 256 g/mol. The molecule has 2 rings (SSSR count). The van der Waals surface area contributed by atoms with Gasteiger partial charge in [-0.1, -0.05) is 11.6 Å². The van der Waals surface area contributed by atoms with E-state index in [1.807, 2.05) is 7.05 Å². The van der Waals surface area contributed by atoms with Crippen LogP contribution in [-0.4, -0.2) is 21.6 Å². The zero-order chi connectivity index (χ0) is 12.6. The minimum atomic E-state index is -0.521. The number of nitro groups is 1. The van der Waals surface area contributed by atoms with Crippen molar-refractivity contribution < 1.29 is 9.66 Å². The van der Waals surface area contributed by atoms with Gasteiger partial charge in [-0.05, 0) is 6.07 Å². The molecule has 90 valence electrons. The second-order valence-corrected chi connectivity index (χ2v) is 3.92. The highest BCUT2D eigenvalue weighted by molar-refractivity contribution is 6.37. The summed E-state index contributed by atoms with van der Waals surface area (Å²) < 4.78 is 6.80. The van der Waals surface area contributed by atoms with Crippen LogP contribution in [-0.2, 0) is 18.4 Å². The Bertz CT molecular complexity index is 594. The van der Waals surface area contributed by atoms with Crippen molar-refractivity contribution in [2.24, 2.45) is 7.05 Å². The Hall–Kier alpha value is -1.66. The van der Waals surface area contributed by atoms with Gasteiger partial charge in [-0.25, -0.2) is 4.98 Å². The molecule has 1 heterocycles. The standard InChI is InChI=1S/C10H10ClN3O3/c1-13-7-4-3-6(14(15)16)9(11)10(7)12-8(13)5-17-2/h3-4H,5H2,1-2H3. The maximum atomic E-state index is 10.7. The lowest BCUT2D eigenvalue weighted by molar-refractivity contribution is -0.384. The topological polar surface area (TPSA) is 70.2 Å². The van der Waals surface area contributed by atoms with Crippen molar-refractivity contribution in [2.45, 2.75) is 6.61 Å². The van der Waals surface area contributed by atoms with Gasteiger partial charge >= 0.3 is 0 Å². The van der Waals surface area contributed by atoms with Crippen LogP contribution in [0.2, 0.25) is 5.02 Å². The molecule has 2 aromatic rings. The molecule has 0 aliphatic heterocycles. The number of aromatic nitrogens is 2. The number of imidazole rings is 1. The fourth-order valence-corrected chi connectivity index (χ4v) is 1.93. The Balaban J connectivity index is 2.70. The third-order valence-corrected chi connectivity index (χ3v) is 2.91. The predicted octanol–water partition coefficient (Wildman–Crippen LogP) is 2.28. The number of ether oxygens (including phenoxy) is 1. The van der Waals surface area contributed by atoms with Gasteiger partial charge in [-0.3, -0.25) is 10.1 Å². The van der Waals surface area contributed by atoms with Crippen LogP contribution >= 0.6 is 11.6 Å². The van der Waals surface area contributed by atoms with Crippen LogP contribution in [0.15, 0.2) is 12.1 Å². The van der Waals surface area contributed by atoms with Crippen LogP contribution in [0.25, 0.3) is 11.0 Å². The first kappa shape index (κ1) is 11.8. The smallest absolute Gasteiger partial charge is 0.290 e. The van der Waals surface area contributed by atoms with E-state index in [9.17, 15) is 10.1 Å². The van der Waals surface area contributed by atoms with Gasteiger partial charge in [0.25, 0.3) is 5.69 Å². The lowest BCUT2D eigenvalue weighted by atomic mass is 10.3. The zero-order valence-electron chi connectivity index (χ0n) is 9.31. The molecule has 1 aromatic heterocycles. The zero-order valence-corrected chi connectivity index (χ0v) is 10.1. The van der Waals surface area contributed by atoms with E-state index in [0.717, 1.165) is 5.52 Å². The van der Waals surface area contributed by atoms with Crippen LogP contribution in [0.1, 0.15) is 5.82 Å². The molecule has 1 aromatic carbocycles. The van der Waals surface area contributed by atoms with E-state index in [-0.39, 0.29) is 10.7 Å². The van der Waals surface area contributed by atoms with Gasteiger partial charge in [-0.2, -0.15) is 0 Å². The first-order chi connectivity index (χ1) is 8.06. The lowest BCUT2D eigenvalue weighted by Crippen LogP contribution is -1.98. The molecule has 0 aliphatic carbocycles. The maximum absolute atomic E-state index is 10.7. The summed E-state index contributed by atoms with van der Waals surface area (Å²) in [6.07, 6.45) is 0. The molecule has 0 N–H and O–H groups in total. The Morgan fingerprint density at radius 3 is 2.88 bits per heavy atom. The summed E-state index contributed by atoms with van der Waals surface area (Å²) in [6.45, 7) is 0.329. The molecular weight excluding hydrogens is 246 g/mol. The SMILES string of the molecule is COCc1nc2c(Cl)c([N+](=O)[O-])ccc2n1C. The van der Waals surface area contributed by atoms with Crippen LogP contribution in [0.5, 0.6) is 0 Å². The van der Waals surface area contributed by atoms with Crippen molar-refractivity contribution in [2.75, 3.05) is 7.11 Å². The molecule has 0 unspecified atom stereocenters. The maximum Gasteiger partial charge on any atom is 0.290 e. The third kappa shape index (κ3) is 1.85. The Morgan fingerprint density at radius 1 is 1.59 bits per heavy atom. The second-order valence-electron chi connectivity index (χ2n) is 3.54. The van der Waals surface area contributed by atoms with E-state index in [0.29, 0.717) is 17.9 Å². The van der Waals surface area contributed by atoms with E-state index in [2.05, 4.69) is 4.98 Å². The summed E-state index contributed by atoms with van der Waals surface area (Å²) in [5, 5.41) is 10.8. The van der Waals surface area contributed by atoms with E-state index < -0.39 is 4.92 Å². The lowest BCUT2D eigenvalue weighted by Gasteiger charge is -2.00. The molecular formula is C10H10ClN3O3. The number of hydrogen-bond acceptors (Lipinski definition) is 4. The van der Waals surface area contributed by atoms with Crippen molar-refractivity contribution >= 4 is 28.3 Å². The molecule has 0 radical (unpaired) electrons. The molecule has 6 nitrogen and oxygen atoms in total. The number of hydrogen-bond donors (Lipinski definition) is 0. The van der Waals surface area contributed by atoms with Crippen LogP contribution < -0.4 is 0 Å². The second kappa shape index (κ2) is 4.31. The predicted molar refractivity (Wildman–Crippen MR) is 63.1 cm³/mol. The minimum absolute atomic E-state index is 0.0606. The molecule has 0 saturated heterocycles. The van der Waals surface area contributed by atoms with Gasteiger partial charge in [0.1, 0.15) is 23.0 Å². The van der Waals surface area contributed by atoms with Crippen LogP contribution in [0.4, 0.5) is 5.69 Å². The molecule has 17 heavy (non-hydrogen) atoms. The molecule has 0 spiro atoms. The molecule has 0 saturated carbocycles. The van der Waals surface area contributed by atoms with Gasteiger partial charge in [0.2, 0.25) is 0 Å². The Labute approximate surface area is 102 Å². The van der Waals surface area contributed by atoms with Crippen molar-refractivity contribution in [3.8, 4) is 0 Å². The molecule has 7 heteroatoms. The summed E-state index contributed by atoms with van der Waals surface area (Å²) in [4.78, 5) is 14.5. The van der Waals surface area contributed by atoms with Crippen molar-refractivity contribution in [1.82, 2.24) is 9.55 Å². The Morgan fingerprint density at radius 2 is 2.29 bits per heavy atom. The summed E-state index contributed by atoms with van der Waals surface area (Å²) in [5.74, 6) is 0.671. The normalized spacial score (nSPS) is 11.0. The number of halogens is 1. The number of rotatable bonds is 3. The first-order valence-corrected chi connectivity index (χ1v) is 5.21. The number of nitro benzene ring substituents is 1. The van der Waals surface area contributed by atoms with Crippen molar-refractivity contribution in [3.05, 3.63) is 33.1 Å².